The fraction of sp³-hybridized carbons (Fsp3) is 0.0417. The molecule has 3 aromatic carbocycles. The van der Waals surface area contributed by atoms with Crippen LogP contribution in [0.3, 0.4) is 0 Å². The van der Waals surface area contributed by atoms with Gasteiger partial charge in [0, 0.05) is 16.6 Å². The van der Waals surface area contributed by atoms with Gasteiger partial charge in [-0.25, -0.2) is 9.37 Å². The minimum absolute atomic E-state index is 0.0960. The molecule has 0 saturated carbocycles. The van der Waals surface area contributed by atoms with E-state index in [2.05, 4.69) is 10.3 Å². The molecular weight excluding hydrogens is 449 g/mol. The van der Waals surface area contributed by atoms with Crippen molar-refractivity contribution in [3.8, 4) is 11.1 Å². The van der Waals surface area contributed by atoms with Gasteiger partial charge in [0.2, 0.25) is 5.91 Å². The standard InChI is InChI=1S/C24H15ClFN3O2S/c25-19-10-17(7-8-20(19)26)28-21(30)11-29-13-27-23-22(24(29)31)18(12-32-23)16-6-5-14-3-1-2-4-15(14)9-16/h1-10,12-13H,11H2,(H,28,30). The van der Waals surface area contributed by atoms with E-state index in [1.54, 1.807) is 0 Å². The van der Waals surface area contributed by atoms with Crippen LogP contribution in [0.2, 0.25) is 5.02 Å². The van der Waals surface area contributed by atoms with E-state index in [9.17, 15) is 14.0 Å². The Morgan fingerprint density at radius 1 is 1.09 bits per heavy atom. The number of aromatic nitrogens is 2. The lowest BCUT2D eigenvalue weighted by Crippen LogP contribution is -2.27. The molecule has 1 amide bonds. The van der Waals surface area contributed by atoms with Gasteiger partial charge in [0.15, 0.2) is 0 Å². The Balaban J connectivity index is 1.48. The van der Waals surface area contributed by atoms with Crippen molar-refractivity contribution in [2.45, 2.75) is 6.54 Å². The van der Waals surface area contributed by atoms with Crippen molar-refractivity contribution in [3.05, 3.63) is 93.6 Å². The zero-order valence-corrected chi connectivity index (χ0v) is 18.1. The van der Waals surface area contributed by atoms with E-state index in [0.29, 0.717) is 15.9 Å². The average molecular weight is 464 g/mol. The molecule has 0 aliphatic heterocycles. The number of thiophene rings is 1. The predicted molar refractivity (Wildman–Crippen MR) is 127 cm³/mol. The normalized spacial score (nSPS) is 11.2. The highest BCUT2D eigenvalue weighted by Gasteiger charge is 2.15. The second-order valence-electron chi connectivity index (χ2n) is 7.25. The van der Waals surface area contributed by atoms with Crippen molar-refractivity contribution in [3.63, 3.8) is 0 Å². The first kappa shape index (κ1) is 20.4. The van der Waals surface area contributed by atoms with Crippen LogP contribution in [0.1, 0.15) is 0 Å². The van der Waals surface area contributed by atoms with Gasteiger partial charge in [-0.3, -0.25) is 14.2 Å². The van der Waals surface area contributed by atoms with Crippen LogP contribution in [0, 0.1) is 5.82 Å². The van der Waals surface area contributed by atoms with Gasteiger partial charge in [0.1, 0.15) is 17.2 Å². The number of hydrogen-bond acceptors (Lipinski definition) is 4. The highest BCUT2D eigenvalue weighted by Crippen LogP contribution is 2.32. The van der Waals surface area contributed by atoms with Crippen molar-refractivity contribution in [2.75, 3.05) is 5.32 Å². The van der Waals surface area contributed by atoms with Gasteiger partial charge in [-0.05, 0) is 40.6 Å². The monoisotopic (exact) mass is 463 g/mol. The van der Waals surface area contributed by atoms with Gasteiger partial charge < -0.3 is 5.32 Å². The van der Waals surface area contributed by atoms with Crippen molar-refractivity contribution in [1.29, 1.82) is 0 Å². The molecule has 2 heterocycles. The van der Waals surface area contributed by atoms with Crippen molar-refractivity contribution in [2.24, 2.45) is 0 Å². The zero-order valence-electron chi connectivity index (χ0n) is 16.5. The summed E-state index contributed by atoms with van der Waals surface area (Å²) in [6.07, 6.45) is 1.36. The minimum atomic E-state index is -0.575. The van der Waals surface area contributed by atoms with E-state index >= 15 is 0 Å². The summed E-state index contributed by atoms with van der Waals surface area (Å²) in [5, 5.41) is 7.10. The van der Waals surface area contributed by atoms with Crippen LogP contribution in [0.25, 0.3) is 32.1 Å². The summed E-state index contributed by atoms with van der Waals surface area (Å²) in [4.78, 5) is 30.7. The molecule has 0 radical (unpaired) electrons. The van der Waals surface area contributed by atoms with Crippen LogP contribution in [0.4, 0.5) is 10.1 Å². The molecule has 2 aromatic heterocycles. The summed E-state index contributed by atoms with van der Waals surface area (Å²) in [6, 6.07) is 17.9. The lowest BCUT2D eigenvalue weighted by molar-refractivity contribution is -0.116. The van der Waals surface area contributed by atoms with Crippen LogP contribution >= 0.6 is 22.9 Å². The molecule has 8 heteroatoms. The fourth-order valence-corrected chi connectivity index (χ4v) is 4.67. The Hall–Kier alpha value is -3.55. The number of nitrogens with one attached hydrogen (secondary N) is 1. The van der Waals surface area contributed by atoms with Crippen LogP contribution in [-0.4, -0.2) is 15.5 Å². The number of carbonyl (C=O) groups excluding carboxylic acids is 1. The highest BCUT2D eigenvalue weighted by molar-refractivity contribution is 7.17. The molecule has 5 nitrogen and oxygen atoms in total. The van der Waals surface area contributed by atoms with E-state index in [4.69, 9.17) is 11.6 Å². The van der Waals surface area contributed by atoms with Gasteiger partial charge in [0.05, 0.1) is 16.7 Å². The van der Waals surface area contributed by atoms with Gasteiger partial charge >= 0.3 is 0 Å². The Kier molecular flexibility index (Phi) is 5.20. The molecule has 0 bridgehead atoms. The summed E-state index contributed by atoms with van der Waals surface area (Å²) >= 11 is 7.14. The van der Waals surface area contributed by atoms with E-state index in [1.165, 1.54) is 40.4 Å². The number of rotatable bonds is 4. The molecule has 0 aliphatic rings. The molecular formula is C24H15ClFN3O2S. The van der Waals surface area contributed by atoms with Crippen LogP contribution < -0.4 is 10.9 Å². The summed E-state index contributed by atoms with van der Waals surface area (Å²) in [5.74, 6) is -1.02. The molecule has 0 atom stereocenters. The van der Waals surface area contributed by atoms with Gasteiger partial charge in [-0.2, -0.15) is 0 Å². The third-order valence-electron chi connectivity index (χ3n) is 5.14. The number of hydrogen-bond donors (Lipinski definition) is 1. The predicted octanol–water partition coefficient (Wildman–Crippen LogP) is 5.71. The fourth-order valence-electron chi connectivity index (χ4n) is 3.58. The molecule has 32 heavy (non-hydrogen) atoms. The van der Waals surface area contributed by atoms with Crippen molar-refractivity contribution >= 4 is 55.5 Å². The molecule has 0 saturated heterocycles. The smallest absolute Gasteiger partial charge is 0.263 e. The van der Waals surface area contributed by atoms with Crippen molar-refractivity contribution in [1.82, 2.24) is 9.55 Å². The number of anilines is 1. The topological polar surface area (TPSA) is 64.0 Å². The molecule has 5 rings (SSSR count). The Labute approximate surface area is 190 Å². The van der Waals surface area contributed by atoms with Crippen LogP contribution in [0.5, 0.6) is 0 Å². The first-order valence-electron chi connectivity index (χ1n) is 9.70. The van der Waals surface area contributed by atoms with E-state index in [-0.39, 0.29) is 17.1 Å². The number of amides is 1. The van der Waals surface area contributed by atoms with Gasteiger partial charge in [-0.1, -0.05) is 48.0 Å². The molecule has 0 spiro atoms. The van der Waals surface area contributed by atoms with Crippen LogP contribution in [0.15, 0.2) is 77.2 Å². The quantitative estimate of drug-likeness (QED) is 0.371. The van der Waals surface area contributed by atoms with Gasteiger partial charge in [-0.15, -0.1) is 11.3 Å². The number of benzene rings is 3. The SMILES string of the molecule is O=C(Cn1cnc2scc(-c3ccc4ccccc4c3)c2c1=O)Nc1ccc(F)c(Cl)c1. The summed E-state index contributed by atoms with van der Waals surface area (Å²) < 4.78 is 14.6. The first-order valence-corrected chi connectivity index (χ1v) is 11.0. The van der Waals surface area contributed by atoms with Crippen molar-refractivity contribution < 1.29 is 9.18 Å². The Morgan fingerprint density at radius 2 is 1.91 bits per heavy atom. The van der Waals surface area contributed by atoms with Crippen LogP contribution in [-0.2, 0) is 11.3 Å². The summed E-state index contributed by atoms with van der Waals surface area (Å²) in [7, 11) is 0. The number of fused-ring (bicyclic) bond motifs is 2. The average Bonchev–Trinajstić information content (AvgIpc) is 3.23. The third-order valence-corrected chi connectivity index (χ3v) is 6.31. The number of carbonyl (C=O) groups is 1. The zero-order chi connectivity index (χ0) is 22.2. The lowest BCUT2D eigenvalue weighted by atomic mass is 10.0. The maximum Gasteiger partial charge on any atom is 0.263 e. The second-order valence-corrected chi connectivity index (χ2v) is 8.51. The summed E-state index contributed by atoms with van der Waals surface area (Å²) in [5.41, 5.74) is 1.74. The molecule has 5 aromatic rings. The summed E-state index contributed by atoms with van der Waals surface area (Å²) in [6.45, 7) is -0.232. The number of nitrogens with zero attached hydrogens (tertiary/aromatic N) is 2. The number of halogens is 2. The molecule has 0 fully saturated rings. The molecule has 0 aliphatic carbocycles. The minimum Gasteiger partial charge on any atom is -0.324 e. The largest absolute Gasteiger partial charge is 0.324 e. The first-order chi connectivity index (χ1) is 15.5. The van der Waals surface area contributed by atoms with E-state index < -0.39 is 11.7 Å². The Bertz CT molecular complexity index is 1560. The maximum absolute atomic E-state index is 13.3. The highest BCUT2D eigenvalue weighted by atomic mass is 35.5. The molecule has 1 N–H and O–H groups in total. The molecule has 0 unspecified atom stereocenters. The lowest BCUT2D eigenvalue weighted by Gasteiger charge is -2.08. The van der Waals surface area contributed by atoms with Gasteiger partial charge in [0.25, 0.3) is 5.56 Å². The Morgan fingerprint density at radius 3 is 2.72 bits per heavy atom. The maximum atomic E-state index is 13.3. The second kappa shape index (κ2) is 8.18. The van der Waals surface area contributed by atoms with E-state index in [1.807, 2.05) is 47.8 Å². The molecule has 158 valence electrons. The third kappa shape index (κ3) is 3.77. The van der Waals surface area contributed by atoms with E-state index in [0.717, 1.165) is 21.9 Å².